The van der Waals surface area contributed by atoms with Gasteiger partial charge in [-0.15, -0.1) is 10.2 Å². The molecule has 8 heteroatoms. The Morgan fingerprint density at radius 3 is 1.95 bits per heavy atom. The van der Waals surface area contributed by atoms with Crippen LogP contribution in [0.2, 0.25) is 0 Å². The molecule has 8 nitrogen and oxygen atoms in total. The molecule has 0 radical (unpaired) electrons. The number of hydrogen-bond acceptors (Lipinski definition) is 8. The van der Waals surface area contributed by atoms with Crippen molar-refractivity contribution in [1.29, 1.82) is 0 Å². The molecule has 0 unspecified atom stereocenters. The molecule has 0 amide bonds. The van der Waals surface area contributed by atoms with Gasteiger partial charge in [0.15, 0.2) is 5.82 Å². The van der Waals surface area contributed by atoms with Gasteiger partial charge >= 0.3 is 0 Å². The topological polar surface area (TPSA) is 84.3 Å². The third-order valence-corrected chi connectivity index (χ3v) is 4.24. The van der Waals surface area contributed by atoms with E-state index in [-0.39, 0.29) is 12.1 Å². The standard InChI is InChI=1S/C14H22N6O2/c1-9(13-15-11(3)18-22-13)19-5-7-20(8-6-19)10(2)14-17-16-12(4)21-14/h9-10H,5-8H2,1-4H3/t9-,10-/m0/s1. The van der Waals surface area contributed by atoms with Crippen LogP contribution in [0, 0.1) is 13.8 Å². The van der Waals surface area contributed by atoms with E-state index < -0.39 is 0 Å². The van der Waals surface area contributed by atoms with E-state index in [1.54, 1.807) is 0 Å². The average molecular weight is 306 g/mol. The van der Waals surface area contributed by atoms with Crippen LogP contribution in [0.4, 0.5) is 0 Å². The monoisotopic (exact) mass is 306 g/mol. The lowest BCUT2D eigenvalue weighted by atomic mass is 10.2. The van der Waals surface area contributed by atoms with Gasteiger partial charge in [-0.3, -0.25) is 9.80 Å². The van der Waals surface area contributed by atoms with Crippen molar-refractivity contribution in [2.45, 2.75) is 39.8 Å². The summed E-state index contributed by atoms with van der Waals surface area (Å²) in [5.41, 5.74) is 0. The first-order chi connectivity index (χ1) is 10.5. The molecule has 1 aliphatic rings. The second-order valence-corrected chi connectivity index (χ2v) is 5.76. The summed E-state index contributed by atoms with van der Waals surface area (Å²) in [7, 11) is 0. The summed E-state index contributed by atoms with van der Waals surface area (Å²) in [5, 5.41) is 11.9. The van der Waals surface area contributed by atoms with E-state index in [1.165, 1.54) is 0 Å². The Kier molecular flexibility index (Phi) is 4.21. The number of nitrogens with zero attached hydrogens (tertiary/aromatic N) is 6. The first-order valence-electron chi connectivity index (χ1n) is 7.63. The molecular formula is C14H22N6O2. The predicted octanol–water partition coefficient (Wildman–Crippen LogP) is 1.51. The molecule has 3 rings (SSSR count). The zero-order valence-electron chi connectivity index (χ0n) is 13.5. The minimum atomic E-state index is 0.143. The minimum Gasteiger partial charge on any atom is -0.424 e. The smallest absolute Gasteiger partial charge is 0.243 e. The van der Waals surface area contributed by atoms with E-state index in [2.05, 4.69) is 44.0 Å². The Morgan fingerprint density at radius 1 is 0.909 bits per heavy atom. The second-order valence-electron chi connectivity index (χ2n) is 5.76. The highest BCUT2D eigenvalue weighted by atomic mass is 16.5. The minimum absolute atomic E-state index is 0.143. The maximum absolute atomic E-state index is 5.53. The van der Waals surface area contributed by atoms with Crippen LogP contribution < -0.4 is 0 Å². The van der Waals surface area contributed by atoms with Crippen molar-refractivity contribution in [2.24, 2.45) is 0 Å². The van der Waals surface area contributed by atoms with Crippen molar-refractivity contribution in [3.63, 3.8) is 0 Å². The maximum atomic E-state index is 5.53. The highest BCUT2D eigenvalue weighted by Gasteiger charge is 2.29. The Bertz CT molecular complexity index is 562. The van der Waals surface area contributed by atoms with E-state index in [9.17, 15) is 0 Å². The quantitative estimate of drug-likeness (QED) is 0.840. The normalized spacial score (nSPS) is 20.2. The van der Waals surface area contributed by atoms with E-state index in [4.69, 9.17) is 8.94 Å². The van der Waals surface area contributed by atoms with E-state index in [0.29, 0.717) is 23.5 Å². The molecular weight excluding hydrogens is 284 g/mol. The molecule has 0 aliphatic carbocycles. The van der Waals surface area contributed by atoms with Crippen LogP contribution in [0.3, 0.4) is 0 Å². The summed E-state index contributed by atoms with van der Waals surface area (Å²) >= 11 is 0. The number of piperazine rings is 1. The zero-order chi connectivity index (χ0) is 15.7. The lowest BCUT2D eigenvalue weighted by Gasteiger charge is -2.38. The Balaban J connectivity index is 1.58. The van der Waals surface area contributed by atoms with Crippen molar-refractivity contribution in [3.05, 3.63) is 23.5 Å². The van der Waals surface area contributed by atoms with Crippen LogP contribution in [-0.4, -0.2) is 56.3 Å². The molecule has 0 saturated carbocycles. The van der Waals surface area contributed by atoms with E-state index in [0.717, 1.165) is 26.2 Å². The van der Waals surface area contributed by atoms with Crippen LogP contribution in [0.5, 0.6) is 0 Å². The Labute approximate surface area is 129 Å². The summed E-state index contributed by atoms with van der Waals surface area (Å²) in [4.78, 5) is 9.04. The van der Waals surface area contributed by atoms with Crippen LogP contribution in [-0.2, 0) is 0 Å². The molecule has 0 aromatic carbocycles. The Hall–Kier alpha value is -1.80. The van der Waals surface area contributed by atoms with Gasteiger partial charge in [-0.2, -0.15) is 4.98 Å². The van der Waals surface area contributed by atoms with Gasteiger partial charge in [-0.1, -0.05) is 5.16 Å². The van der Waals surface area contributed by atoms with Crippen molar-refractivity contribution in [2.75, 3.05) is 26.2 Å². The van der Waals surface area contributed by atoms with Crippen molar-refractivity contribution < 1.29 is 8.94 Å². The largest absolute Gasteiger partial charge is 0.424 e. The number of rotatable bonds is 4. The molecule has 2 aromatic rings. The molecule has 0 N–H and O–H groups in total. The molecule has 22 heavy (non-hydrogen) atoms. The van der Waals surface area contributed by atoms with Gasteiger partial charge in [0.1, 0.15) is 0 Å². The lowest BCUT2D eigenvalue weighted by Crippen LogP contribution is -2.47. The molecule has 0 spiro atoms. The van der Waals surface area contributed by atoms with Gasteiger partial charge in [-0.25, -0.2) is 0 Å². The van der Waals surface area contributed by atoms with Crippen LogP contribution in [0.25, 0.3) is 0 Å². The van der Waals surface area contributed by atoms with Crippen LogP contribution in [0.15, 0.2) is 8.94 Å². The molecule has 120 valence electrons. The van der Waals surface area contributed by atoms with Gasteiger partial charge in [-0.05, 0) is 20.8 Å². The average Bonchev–Trinajstić information content (AvgIpc) is 3.14. The van der Waals surface area contributed by atoms with Crippen molar-refractivity contribution >= 4 is 0 Å². The first-order valence-corrected chi connectivity index (χ1v) is 7.63. The number of aryl methyl sites for hydroxylation is 2. The third kappa shape index (κ3) is 3.02. The zero-order valence-corrected chi connectivity index (χ0v) is 13.5. The maximum Gasteiger partial charge on any atom is 0.243 e. The fourth-order valence-electron chi connectivity index (χ4n) is 2.79. The first kappa shape index (κ1) is 15.1. The number of aromatic nitrogens is 4. The molecule has 1 fully saturated rings. The Morgan fingerprint density at radius 2 is 1.50 bits per heavy atom. The van der Waals surface area contributed by atoms with Gasteiger partial charge in [0, 0.05) is 33.1 Å². The van der Waals surface area contributed by atoms with Crippen LogP contribution >= 0.6 is 0 Å². The molecule has 2 aromatic heterocycles. The van der Waals surface area contributed by atoms with E-state index >= 15 is 0 Å². The molecule has 3 heterocycles. The summed E-state index contributed by atoms with van der Waals surface area (Å²) in [6.07, 6.45) is 0. The number of hydrogen-bond donors (Lipinski definition) is 0. The van der Waals surface area contributed by atoms with Gasteiger partial charge in [0.25, 0.3) is 0 Å². The summed E-state index contributed by atoms with van der Waals surface area (Å²) in [5.74, 6) is 2.67. The SMILES string of the molecule is Cc1noc([C@H](C)N2CCN([C@@H](C)c3nnc(C)o3)CC2)n1. The van der Waals surface area contributed by atoms with Crippen molar-refractivity contribution in [3.8, 4) is 0 Å². The van der Waals surface area contributed by atoms with E-state index in [1.807, 2.05) is 13.8 Å². The van der Waals surface area contributed by atoms with Gasteiger partial charge < -0.3 is 8.94 Å². The third-order valence-electron chi connectivity index (χ3n) is 4.24. The fraction of sp³-hybridized carbons (Fsp3) is 0.714. The fourth-order valence-corrected chi connectivity index (χ4v) is 2.79. The lowest BCUT2D eigenvalue weighted by molar-refractivity contribution is 0.0603. The highest BCUT2D eigenvalue weighted by Crippen LogP contribution is 2.24. The molecule has 2 atom stereocenters. The second kappa shape index (κ2) is 6.13. The summed E-state index contributed by atoms with van der Waals surface area (Å²) in [6.45, 7) is 11.6. The van der Waals surface area contributed by atoms with Crippen molar-refractivity contribution in [1.82, 2.24) is 30.1 Å². The summed E-state index contributed by atoms with van der Waals surface area (Å²) in [6, 6.07) is 0.286. The van der Waals surface area contributed by atoms with Gasteiger partial charge in [0.05, 0.1) is 12.1 Å². The molecule has 0 bridgehead atoms. The highest BCUT2D eigenvalue weighted by molar-refractivity contribution is 4.94. The van der Waals surface area contributed by atoms with Crippen LogP contribution in [0.1, 0.15) is 49.4 Å². The predicted molar refractivity (Wildman–Crippen MR) is 78.0 cm³/mol. The van der Waals surface area contributed by atoms with Gasteiger partial charge in [0.2, 0.25) is 17.7 Å². The molecule has 1 saturated heterocycles. The molecule has 1 aliphatic heterocycles. The summed E-state index contributed by atoms with van der Waals surface area (Å²) < 4.78 is 10.8.